The third-order valence-corrected chi connectivity index (χ3v) is 23.3. The van der Waals surface area contributed by atoms with Crippen molar-refractivity contribution in [3.05, 3.63) is 221 Å². The predicted octanol–water partition coefficient (Wildman–Crippen LogP) is 18.0. The first-order valence-corrected chi connectivity index (χ1v) is 44.6. The minimum atomic E-state index is -4.02. The summed E-state index contributed by atoms with van der Waals surface area (Å²) < 4.78 is 132. The van der Waals surface area contributed by atoms with Gasteiger partial charge in [-0.3, -0.25) is 27.3 Å². The Hall–Kier alpha value is -7.30. The molecule has 10 unspecified atom stereocenters. The van der Waals surface area contributed by atoms with Gasteiger partial charge in [-0.15, -0.1) is 0 Å². The second-order valence-corrected chi connectivity index (χ2v) is 35.7. The average molecular weight is 1640 g/mol. The summed E-state index contributed by atoms with van der Waals surface area (Å²) >= 11 is 0. The Morgan fingerprint density at radius 3 is 1.13 bits per heavy atom. The Kier molecular flexibility index (Phi) is 40.4. The van der Waals surface area contributed by atoms with Crippen LogP contribution in [0, 0.1) is 35.5 Å². The summed E-state index contributed by atoms with van der Waals surface area (Å²) in [6.07, 6.45) is -4.15. The van der Waals surface area contributed by atoms with Crippen LogP contribution in [0.2, 0.25) is 0 Å². The van der Waals surface area contributed by atoms with Crippen LogP contribution in [0.15, 0.2) is 172 Å². The van der Waals surface area contributed by atoms with E-state index in [2.05, 4.69) is 59.3 Å². The molecule has 0 aromatic heterocycles. The van der Waals surface area contributed by atoms with Gasteiger partial charge in [0, 0.05) is 73.7 Å². The van der Waals surface area contributed by atoms with Crippen LogP contribution in [-0.4, -0.2) is 173 Å². The molecule has 5 aromatic carbocycles. The molecule has 36 heteroatoms. The fourth-order valence-corrected chi connectivity index (χ4v) is 16.0. The van der Waals surface area contributed by atoms with Crippen LogP contribution in [0.3, 0.4) is 0 Å². The van der Waals surface area contributed by atoms with Crippen molar-refractivity contribution >= 4 is 28.7 Å². The third-order valence-electron chi connectivity index (χ3n) is 20.1. The van der Waals surface area contributed by atoms with Crippen molar-refractivity contribution < 1.29 is 93.2 Å². The molecule has 5 aromatic rings. The summed E-state index contributed by atoms with van der Waals surface area (Å²) in [6.45, 7) is 20.9. The number of methoxy groups -OCH3 is 1. The molecule has 0 aliphatic carbocycles. The number of nitrogens with one attached hydrogen (secondary N) is 1. The highest BCUT2D eigenvalue weighted by Crippen LogP contribution is 2.54. The topological polar surface area (TPSA) is 423 Å². The van der Waals surface area contributed by atoms with Gasteiger partial charge >= 0.3 is 21.3 Å². The van der Waals surface area contributed by atoms with Crippen LogP contribution in [0.5, 0.6) is 0 Å². The van der Waals surface area contributed by atoms with Gasteiger partial charge in [0.15, 0.2) is 32.5 Å². The number of unbranched alkanes of at least 4 members (excludes halogenated alkanes) is 3. The van der Waals surface area contributed by atoms with Gasteiger partial charge in [0.25, 0.3) is 0 Å². The van der Waals surface area contributed by atoms with E-state index in [-0.39, 0.29) is 80.9 Å². The first-order valence-electron chi connectivity index (χ1n) is 38.1. The number of hydrogen-bond donors (Lipinski definition) is 1. The zero-order chi connectivity index (χ0) is 82.5. The van der Waals surface area contributed by atoms with Crippen molar-refractivity contribution in [2.24, 2.45) is 56.0 Å². The normalized spacial score (nSPS) is 28.4. The Balaban J connectivity index is 0.000000247. The predicted molar refractivity (Wildman–Crippen MR) is 427 cm³/mol. The van der Waals surface area contributed by atoms with E-state index in [0.717, 1.165) is 53.5 Å². The van der Waals surface area contributed by atoms with E-state index in [9.17, 15) is 29.6 Å². The number of carbonyl (C=O) groups is 1. The van der Waals surface area contributed by atoms with Crippen LogP contribution < -0.4 is 5.32 Å². The molecule has 0 radical (unpaired) electrons. The van der Waals surface area contributed by atoms with E-state index in [0.29, 0.717) is 39.6 Å². The highest BCUT2D eigenvalue weighted by atomic mass is 31.2. The lowest BCUT2D eigenvalue weighted by atomic mass is 9.82. The number of benzene rings is 5. The maximum atomic E-state index is 14.2. The van der Waals surface area contributed by atoms with E-state index in [1.807, 2.05) is 172 Å². The van der Waals surface area contributed by atoms with Gasteiger partial charge in [-0.05, 0) is 98.3 Å². The molecule has 4 saturated heterocycles. The van der Waals surface area contributed by atoms with Gasteiger partial charge in [-0.1, -0.05) is 227 Å². The fourth-order valence-electron chi connectivity index (χ4n) is 13.4. The number of amides is 1. The maximum Gasteiger partial charge on any atom is 0.407 e. The Morgan fingerprint density at radius 1 is 0.404 bits per heavy atom. The highest BCUT2D eigenvalue weighted by molar-refractivity contribution is 7.57. The number of hydrogen-bond acceptors (Lipinski definition) is 24. The largest absolute Gasteiger partial charge is 0.445 e. The number of nitrogens with zero attached hydrogens (tertiary/aromatic N) is 12. The highest BCUT2D eigenvalue weighted by Gasteiger charge is 2.51. The monoisotopic (exact) mass is 1640 g/mol. The smallest absolute Gasteiger partial charge is 0.407 e. The molecule has 4 aliphatic rings. The number of alkyl carbamates (subject to hydrolysis) is 1. The second kappa shape index (κ2) is 49.0. The quantitative estimate of drug-likeness (QED) is 0.0125. The SMILES string of the molecule is CO[C@@H]1C(COCc2ccccc2)O[C@H](OP(C)(=O)OC)C(N=[N+]=[N-])[C@H]1C.C[C@@H]1C(COCc2ccccc2)O[C@H](OCCCCCCNC(=O)OCc2ccccc2)C(N=[N+]=[N-])[C@H]1C.C[C@@H]1C(COCc2ccccc2)O[C@H](OP(C)(=O)O[C@@H]2C(COCc3ccccc3)O[C@H](OP(C)(C)=O)C(N=[N+]=[N-])[C@H]2C)C(N=[N+]=[N-])[C@H]1C. The van der Waals surface area contributed by atoms with Gasteiger partial charge in [0.2, 0.25) is 0 Å². The number of rotatable bonds is 40. The third kappa shape index (κ3) is 31.3. The Labute approximate surface area is 668 Å². The summed E-state index contributed by atoms with van der Waals surface area (Å²) in [6, 6.07) is 45.7. The van der Waals surface area contributed by atoms with Crippen LogP contribution in [0.1, 0.15) is 95.0 Å². The molecule has 9 rings (SSSR count). The van der Waals surface area contributed by atoms with E-state index in [1.54, 1.807) is 14.0 Å². The molecular weight excluding hydrogens is 1530 g/mol. The minimum Gasteiger partial charge on any atom is -0.445 e. The van der Waals surface area contributed by atoms with Crippen molar-refractivity contribution in [1.82, 2.24) is 5.32 Å². The summed E-state index contributed by atoms with van der Waals surface area (Å²) in [5.41, 5.74) is 41.7. The number of carbonyl (C=O) groups excluding carboxylic acids is 1. The summed E-state index contributed by atoms with van der Waals surface area (Å²) in [5, 5.41) is 18.3. The number of ether oxygens (including phenoxy) is 11. The second-order valence-electron chi connectivity index (χ2n) is 28.9. The molecule has 22 atom stereocenters. The Morgan fingerprint density at radius 2 is 0.737 bits per heavy atom. The van der Waals surface area contributed by atoms with E-state index in [1.165, 1.54) is 33.8 Å². The van der Waals surface area contributed by atoms with Crippen molar-refractivity contribution in [1.29, 1.82) is 0 Å². The van der Waals surface area contributed by atoms with Crippen LogP contribution in [-0.2, 0) is 121 Å². The molecule has 1 N–H and O–H groups in total. The lowest BCUT2D eigenvalue weighted by Crippen LogP contribution is -2.55. The molecule has 624 valence electrons. The molecule has 0 saturated carbocycles. The molecular formula is C78H112N13O20P3. The average Bonchev–Trinajstić information content (AvgIpc) is 0.783. The summed E-state index contributed by atoms with van der Waals surface area (Å²) in [4.78, 5) is 23.7. The van der Waals surface area contributed by atoms with Crippen LogP contribution in [0.25, 0.3) is 41.8 Å². The van der Waals surface area contributed by atoms with Gasteiger partial charge in [-0.25, -0.2) is 4.79 Å². The fraction of sp³-hybridized carbons (Fsp3) is 0.603. The Bertz CT molecular complexity index is 3990. The van der Waals surface area contributed by atoms with E-state index in [4.69, 9.17) is 85.8 Å². The maximum absolute atomic E-state index is 14.2. The van der Waals surface area contributed by atoms with Gasteiger partial charge in [-0.2, -0.15) is 0 Å². The zero-order valence-corrected chi connectivity index (χ0v) is 69.6. The van der Waals surface area contributed by atoms with Crippen LogP contribution in [0.4, 0.5) is 4.79 Å². The molecule has 0 spiro atoms. The molecule has 4 fully saturated rings. The first-order chi connectivity index (χ1) is 54.8. The molecule has 33 nitrogen and oxygen atoms in total. The van der Waals surface area contributed by atoms with Crippen LogP contribution >= 0.6 is 22.6 Å². The summed E-state index contributed by atoms with van der Waals surface area (Å²) in [5.74, 6) is -0.942. The molecule has 4 aliphatic heterocycles. The molecule has 4 heterocycles. The first kappa shape index (κ1) is 93.9. The standard InChI is InChI=1S/C32H46N6O9P2.C29H40N4O5.C17H26N3O6P/c1-21-22(2)28(35-37-33)32(43-26(21)19-41-17-24-13-9-7-10-14-24)47-49(6,40)45-30-23(3)29(36-38-34)31(46-48(4,5)39)44-27(30)20-42-18-25-15-11-8-12-16-25;1-22-23(2)27(32-33-30)28(38-26(22)21-35-19-24-13-7-5-8-14-24)36-18-12-4-3-11-17-31-29(34)37-20-25-15-9-6-10-16-25;1-12-15(19-20-18)17(26-27(4,21)23-3)25-14(16(12)22-2)11-24-10-13-8-6-5-7-9-13/h7-16,21-23,26-32H,17-20H2,1-6H3;5-10,13-16,22-23,26-28H,3-4,11-12,17-21H2,1-2H3,(H,31,34);5-9,12,14-17H,10-11H2,1-4H3/t21-,22-,23+,26?,27?,28?,29?,30-,31+,32+,49?;22-,23-,26?,27?,28-;12-,14?,15?,16+,17-,27?/m001/s1. The molecule has 1 amide bonds. The van der Waals surface area contributed by atoms with Gasteiger partial charge < -0.3 is 66.5 Å². The number of azide groups is 4. The van der Waals surface area contributed by atoms with Crippen molar-refractivity contribution in [2.75, 3.05) is 80.5 Å². The van der Waals surface area contributed by atoms with E-state index >= 15 is 0 Å². The lowest BCUT2D eigenvalue weighted by molar-refractivity contribution is -0.240. The zero-order valence-electron chi connectivity index (χ0n) is 67.0. The molecule has 114 heavy (non-hydrogen) atoms. The minimum absolute atomic E-state index is 0.0267. The van der Waals surface area contributed by atoms with Crippen molar-refractivity contribution in [2.45, 2.75) is 186 Å². The molecule has 0 bridgehead atoms. The van der Waals surface area contributed by atoms with Crippen molar-refractivity contribution in [3.8, 4) is 0 Å². The van der Waals surface area contributed by atoms with Gasteiger partial charge in [0.05, 0.1) is 101 Å². The summed E-state index contributed by atoms with van der Waals surface area (Å²) in [7, 11) is -7.63. The van der Waals surface area contributed by atoms with Crippen molar-refractivity contribution in [3.63, 3.8) is 0 Å². The lowest BCUT2D eigenvalue weighted by Gasteiger charge is -2.46. The van der Waals surface area contributed by atoms with E-state index < -0.39 is 102 Å². The van der Waals surface area contributed by atoms with Gasteiger partial charge in [0.1, 0.15) is 18.8 Å².